The first-order valence-electron chi connectivity index (χ1n) is 17.4. The molecular formula is C46H32N4O. The van der Waals surface area contributed by atoms with Gasteiger partial charge in [0.1, 0.15) is 11.2 Å². The van der Waals surface area contributed by atoms with E-state index in [2.05, 4.69) is 96.4 Å². The highest BCUT2D eigenvalue weighted by molar-refractivity contribution is 6.18. The molecule has 6 aromatic carbocycles. The molecule has 0 bridgehead atoms. The van der Waals surface area contributed by atoms with Crippen molar-refractivity contribution in [1.29, 1.82) is 0 Å². The molecule has 0 fully saturated rings. The minimum atomic E-state index is 0.547. The number of fused-ring (bicyclic) bond motifs is 6. The Morgan fingerprint density at radius 1 is 0.549 bits per heavy atom. The second-order valence-corrected chi connectivity index (χ2v) is 13.3. The Bertz CT molecular complexity index is 2790. The third-order valence-electron chi connectivity index (χ3n) is 10.00. The molecule has 1 aliphatic carbocycles. The largest absolute Gasteiger partial charge is 0.456 e. The number of rotatable bonds is 5. The third kappa shape index (κ3) is 4.89. The van der Waals surface area contributed by atoms with Crippen molar-refractivity contribution in [3.05, 3.63) is 158 Å². The van der Waals surface area contributed by atoms with Gasteiger partial charge in [-0.15, -0.1) is 0 Å². The molecule has 3 aromatic heterocycles. The van der Waals surface area contributed by atoms with Crippen molar-refractivity contribution >= 4 is 49.4 Å². The van der Waals surface area contributed by atoms with Crippen LogP contribution >= 0.6 is 0 Å². The van der Waals surface area contributed by atoms with Crippen LogP contribution < -0.4 is 0 Å². The molecule has 51 heavy (non-hydrogen) atoms. The highest BCUT2D eigenvalue weighted by atomic mass is 16.3. The second-order valence-electron chi connectivity index (χ2n) is 13.3. The lowest BCUT2D eigenvalue weighted by molar-refractivity contribution is 0.669. The lowest BCUT2D eigenvalue weighted by Gasteiger charge is -2.15. The van der Waals surface area contributed by atoms with E-state index in [1.54, 1.807) is 0 Å². The van der Waals surface area contributed by atoms with E-state index in [1.807, 2.05) is 72.8 Å². The lowest BCUT2D eigenvalue weighted by atomic mass is 9.97. The summed E-state index contributed by atoms with van der Waals surface area (Å²) in [5.74, 6) is 2.41. The number of para-hydroxylation sites is 1. The summed E-state index contributed by atoms with van der Waals surface area (Å²) in [6, 6.07) is 48.2. The Kier molecular flexibility index (Phi) is 6.78. The molecule has 1 atom stereocenters. The van der Waals surface area contributed by atoms with Crippen molar-refractivity contribution in [3.63, 3.8) is 0 Å². The Hall–Kier alpha value is -6.59. The average Bonchev–Trinajstić information content (AvgIpc) is 3.74. The molecule has 0 aliphatic heterocycles. The molecule has 1 aliphatic rings. The van der Waals surface area contributed by atoms with Crippen molar-refractivity contribution in [2.75, 3.05) is 0 Å². The van der Waals surface area contributed by atoms with Gasteiger partial charge >= 0.3 is 0 Å². The summed E-state index contributed by atoms with van der Waals surface area (Å²) in [4.78, 5) is 15.1. The second kappa shape index (κ2) is 11.8. The number of nitrogens with zero attached hydrogens (tertiary/aromatic N) is 4. The van der Waals surface area contributed by atoms with Crippen LogP contribution in [0.1, 0.15) is 13.3 Å². The first-order valence-corrected chi connectivity index (χ1v) is 17.4. The van der Waals surface area contributed by atoms with Crippen LogP contribution in [0.2, 0.25) is 0 Å². The van der Waals surface area contributed by atoms with Gasteiger partial charge < -0.3 is 8.98 Å². The van der Waals surface area contributed by atoms with E-state index in [0.29, 0.717) is 23.4 Å². The van der Waals surface area contributed by atoms with E-state index < -0.39 is 0 Å². The average molecular weight is 657 g/mol. The lowest BCUT2D eigenvalue weighted by Crippen LogP contribution is -2.00. The standard InChI is InChI=1S/C46H32N4O/c1-29-22-25-33(26-23-29)50-38-19-9-8-16-35(38)42-34(17-10-20-39(42)50)32-24-27-40-37(28-32)43-36(18-11-21-41(43)51-40)46-48-44(30-12-4-2-5-13-30)47-45(49-46)31-14-6-3-7-15-31/h2-22,24-29H,23H2,1H3. The van der Waals surface area contributed by atoms with Gasteiger partial charge in [-0.2, -0.15) is 0 Å². The molecule has 0 radical (unpaired) electrons. The number of hydrogen-bond acceptors (Lipinski definition) is 4. The van der Waals surface area contributed by atoms with E-state index in [-0.39, 0.29) is 0 Å². The molecule has 5 heteroatoms. The summed E-state index contributed by atoms with van der Waals surface area (Å²) in [6.45, 7) is 2.26. The van der Waals surface area contributed by atoms with Crippen LogP contribution in [-0.2, 0) is 0 Å². The maximum atomic E-state index is 6.49. The van der Waals surface area contributed by atoms with Crippen molar-refractivity contribution in [3.8, 4) is 45.3 Å². The van der Waals surface area contributed by atoms with Gasteiger partial charge in [-0.3, -0.25) is 0 Å². The Labute approximate surface area is 294 Å². The maximum Gasteiger partial charge on any atom is 0.164 e. The van der Waals surface area contributed by atoms with E-state index in [0.717, 1.165) is 50.6 Å². The smallest absolute Gasteiger partial charge is 0.164 e. The summed E-state index contributed by atoms with van der Waals surface area (Å²) in [5, 5.41) is 4.49. The van der Waals surface area contributed by atoms with Crippen LogP contribution in [0.4, 0.5) is 0 Å². The number of benzene rings is 6. The van der Waals surface area contributed by atoms with Gasteiger partial charge in [0, 0.05) is 43.9 Å². The summed E-state index contributed by atoms with van der Waals surface area (Å²) in [5.41, 5.74) is 10.3. The molecule has 3 heterocycles. The van der Waals surface area contributed by atoms with Crippen LogP contribution in [-0.4, -0.2) is 19.5 Å². The molecule has 0 amide bonds. The van der Waals surface area contributed by atoms with Crippen LogP contribution in [0.15, 0.2) is 162 Å². The monoisotopic (exact) mass is 656 g/mol. The van der Waals surface area contributed by atoms with Crippen LogP contribution in [0, 0.1) is 5.92 Å². The summed E-state index contributed by atoms with van der Waals surface area (Å²) < 4.78 is 8.91. The highest BCUT2D eigenvalue weighted by Crippen LogP contribution is 2.42. The van der Waals surface area contributed by atoms with Crippen LogP contribution in [0.25, 0.3) is 94.7 Å². The third-order valence-corrected chi connectivity index (χ3v) is 10.00. The van der Waals surface area contributed by atoms with Crippen molar-refractivity contribution < 1.29 is 4.42 Å². The van der Waals surface area contributed by atoms with Gasteiger partial charge in [-0.05, 0) is 59.9 Å². The summed E-state index contributed by atoms with van der Waals surface area (Å²) in [6.07, 6.45) is 7.98. The molecule has 10 rings (SSSR count). The number of furan rings is 1. The number of allylic oxidation sites excluding steroid dienone is 4. The van der Waals surface area contributed by atoms with Gasteiger partial charge in [0.25, 0.3) is 0 Å². The van der Waals surface area contributed by atoms with Gasteiger partial charge in [-0.1, -0.05) is 128 Å². The zero-order valence-corrected chi connectivity index (χ0v) is 28.0. The molecule has 0 spiro atoms. The van der Waals surface area contributed by atoms with Gasteiger partial charge in [0.2, 0.25) is 0 Å². The molecule has 5 nitrogen and oxygen atoms in total. The Morgan fingerprint density at radius 3 is 1.96 bits per heavy atom. The van der Waals surface area contributed by atoms with Crippen molar-refractivity contribution in [1.82, 2.24) is 19.5 Å². The zero-order chi connectivity index (χ0) is 33.9. The van der Waals surface area contributed by atoms with E-state index in [4.69, 9.17) is 19.4 Å². The Morgan fingerprint density at radius 2 is 1.22 bits per heavy atom. The van der Waals surface area contributed by atoms with Gasteiger partial charge in [-0.25, -0.2) is 15.0 Å². The normalized spacial score (nSPS) is 14.5. The van der Waals surface area contributed by atoms with Crippen LogP contribution in [0.5, 0.6) is 0 Å². The maximum absolute atomic E-state index is 6.49. The first-order chi connectivity index (χ1) is 25.2. The molecule has 9 aromatic rings. The predicted molar refractivity (Wildman–Crippen MR) is 209 cm³/mol. The van der Waals surface area contributed by atoms with Crippen LogP contribution in [0.3, 0.4) is 0 Å². The van der Waals surface area contributed by atoms with E-state index >= 15 is 0 Å². The predicted octanol–water partition coefficient (Wildman–Crippen LogP) is 12.0. The Balaban J connectivity index is 1.19. The minimum Gasteiger partial charge on any atom is -0.456 e. The fraction of sp³-hybridized carbons (Fsp3) is 0.0652. The minimum absolute atomic E-state index is 0.547. The fourth-order valence-electron chi connectivity index (χ4n) is 7.53. The molecule has 0 N–H and O–H groups in total. The fourth-order valence-corrected chi connectivity index (χ4v) is 7.53. The molecule has 0 saturated heterocycles. The van der Waals surface area contributed by atoms with E-state index in [9.17, 15) is 0 Å². The zero-order valence-electron chi connectivity index (χ0n) is 28.0. The molecule has 0 saturated carbocycles. The topological polar surface area (TPSA) is 56.7 Å². The number of aromatic nitrogens is 4. The molecular weight excluding hydrogens is 625 g/mol. The van der Waals surface area contributed by atoms with Crippen molar-refractivity contribution in [2.45, 2.75) is 13.3 Å². The van der Waals surface area contributed by atoms with Gasteiger partial charge in [0.05, 0.1) is 11.0 Å². The quantitative estimate of drug-likeness (QED) is 0.185. The molecule has 1 unspecified atom stereocenters. The summed E-state index contributed by atoms with van der Waals surface area (Å²) >= 11 is 0. The van der Waals surface area contributed by atoms with Crippen molar-refractivity contribution in [2.24, 2.45) is 5.92 Å². The molecule has 242 valence electrons. The van der Waals surface area contributed by atoms with Gasteiger partial charge in [0.15, 0.2) is 17.5 Å². The number of hydrogen-bond donors (Lipinski definition) is 0. The summed E-state index contributed by atoms with van der Waals surface area (Å²) in [7, 11) is 0. The SMILES string of the molecule is CC1C=CC(n2c3ccccc3c3c(-c4ccc5oc6cccc(-c7nc(-c8ccccc8)nc(-c8ccccc8)n7)c6c5c4)cccc32)=CC1. The first kappa shape index (κ1) is 29.3. The highest BCUT2D eigenvalue weighted by Gasteiger charge is 2.21. The van der Waals surface area contributed by atoms with E-state index in [1.165, 1.54) is 33.1 Å².